The zero-order chi connectivity index (χ0) is 18.8. The summed E-state index contributed by atoms with van der Waals surface area (Å²) in [7, 11) is 0. The van der Waals surface area contributed by atoms with Gasteiger partial charge in [-0.1, -0.05) is 11.3 Å². The first-order chi connectivity index (χ1) is 13.1. The van der Waals surface area contributed by atoms with Crippen molar-refractivity contribution >= 4 is 60.7 Å². The molecule has 1 amide bonds. The number of halogens is 2. The number of hydrogen-bond donors (Lipinski definition) is 3. The summed E-state index contributed by atoms with van der Waals surface area (Å²) in [5, 5.41) is 10.9. The van der Waals surface area contributed by atoms with Crippen LogP contribution >= 0.6 is 33.9 Å². The fourth-order valence-electron chi connectivity index (χ4n) is 3.19. The molecule has 4 rings (SSSR count). The van der Waals surface area contributed by atoms with Gasteiger partial charge in [0.05, 0.1) is 11.3 Å². The molecular formula is C19H18FIN4OS. The van der Waals surface area contributed by atoms with Crippen LogP contribution in [0, 0.1) is 9.39 Å². The van der Waals surface area contributed by atoms with Gasteiger partial charge in [-0.15, -0.1) is 0 Å². The van der Waals surface area contributed by atoms with Gasteiger partial charge in [0, 0.05) is 27.7 Å². The molecule has 2 aromatic heterocycles. The van der Waals surface area contributed by atoms with E-state index in [0.717, 1.165) is 39.7 Å². The molecule has 1 fully saturated rings. The summed E-state index contributed by atoms with van der Waals surface area (Å²) >= 11 is 3.42. The predicted molar refractivity (Wildman–Crippen MR) is 115 cm³/mol. The smallest absolute Gasteiger partial charge is 0.255 e. The van der Waals surface area contributed by atoms with Crippen LogP contribution in [-0.4, -0.2) is 30.0 Å². The Balaban J connectivity index is 1.69. The van der Waals surface area contributed by atoms with E-state index in [-0.39, 0.29) is 17.8 Å². The number of nitrogens with zero attached hydrogens (tertiary/aromatic N) is 1. The highest BCUT2D eigenvalue weighted by atomic mass is 127. The Labute approximate surface area is 173 Å². The molecule has 3 heterocycles. The van der Waals surface area contributed by atoms with Crippen molar-refractivity contribution < 1.29 is 9.18 Å². The fraction of sp³-hybridized carbons (Fsp3) is 0.263. The lowest BCUT2D eigenvalue weighted by Crippen LogP contribution is -2.45. The number of carbonyl (C=O) groups excluding carboxylic acids is 1. The maximum Gasteiger partial charge on any atom is 0.255 e. The number of anilines is 2. The number of carbonyl (C=O) groups is 1. The summed E-state index contributed by atoms with van der Waals surface area (Å²) < 4.78 is 15.1. The molecule has 1 saturated heterocycles. The quantitative estimate of drug-likeness (QED) is 0.473. The molecule has 1 aromatic carbocycles. The highest BCUT2D eigenvalue weighted by molar-refractivity contribution is 14.1. The third-order valence-corrected chi connectivity index (χ3v) is 6.20. The van der Waals surface area contributed by atoms with Gasteiger partial charge in [0.25, 0.3) is 5.91 Å². The van der Waals surface area contributed by atoms with E-state index in [0.29, 0.717) is 16.3 Å². The second kappa shape index (κ2) is 8.07. The zero-order valence-electron chi connectivity index (χ0n) is 14.4. The SMILES string of the molecule is O=C(N[C@@H]1CCCNC1)c1c(Nc2ccc(I)cc2F)sc2ncccc12. The molecule has 0 bridgehead atoms. The molecular weight excluding hydrogens is 478 g/mol. The summed E-state index contributed by atoms with van der Waals surface area (Å²) in [6, 6.07) is 8.75. The van der Waals surface area contributed by atoms with E-state index < -0.39 is 0 Å². The topological polar surface area (TPSA) is 66.1 Å². The minimum atomic E-state index is -0.352. The molecule has 3 aromatic rings. The number of rotatable bonds is 4. The number of thiophene rings is 1. The lowest BCUT2D eigenvalue weighted by atomic mass is 10.1. The van der Waals surface area contributed by atoms with Gasteiger partial charge in [0.15, 0.2) is 0 Å². The first-order valence-electron chi connectivity index (χ1n) is 8.73. The van der Waals surface area contributed by atoms with Crippen LogP contribution in [0.3, 0.4) is 0 Å². The average Bonchev–Trinajstić information content (AvgIpc) is 3.03. The number of hydrogen-bond acceptors (Lipinski definition) is 5. The van der Waals surface area contributed by atoms with E-state index in [1.165, 1.54) is 17.4 Å². The van der Waals surface area contributed by atoms with E-state index in [1.807, 2.05) is 18.2 Å². The molecule has 3 N–H and O–H groups in total. The molecule has 0 radical (unpaired) electrons. The van der Waals surface area contributed by atoms with Crippen LogP contribution in [0.15, 0.2) is 36.5 Å². The largest absolute Gasteiger partial charge is 0.348 e. The minimum absolute atomic E-state index is 0.0979. The summed E-state index contributed by atoms with van der Waals surface area (Å²) in [5.74, 6) is -0.508. The van der Waals surface area contributed by atoms with Crippen molar-refractivity contribution in [2.45, 2.75) is 18.9 Å². The number of amides is 1. The van der Waals surface area contributed by atoms with Crippen LogP contribution in [0.2, 0.25) is 0 Å². The Hall–Kier alpha value is -1.78. The number of fused-ring (bicyclic) bond motifs is 1. The van der Waals surface area contributed by atoms with Gasteiger partial charge in [-0.3, -0.25) is 4.79 Å². The molecule has 1 aliphatic rings. The lowest BCUT2D eigenvalue weighted by Gasteiger charge is -2.24. The van der Waals surface area contributed by atoms with Gasteiger partial charge in [-0.2, -0.15) is 0 Å². The maximum absolute atomic E-state index is 14.3. The Morgan fingerprint density at radius 1 is 1.37 bits per heavy atom. The fourth-order valence-corrected chi connectivity index (χ4v) is 4.70. The molecule has 1 atom stereocenters. The molecule has 0 spiro atoms. The van der Waals surface area contributed by atoms with Gasteiger partial charge in [0.1, 0.15) is 15.6 Å². The van der Waals surface area contributed by atoms with Crippen molar-refractivity contribution in [3.05, 3.63) is 51.5 Å². The number of nitrogens with one attached hydrogen (secondary N) is 3. The second-order valence-corrected chi connectivity index (χ2v) is 8.67. The molecule has 27 heavy (non-hydrogen) atoms. The van der Waals surface area contributed by atoms with Crippen molar-refractivity contribution in [2.24, 2.45) is 0 Å². The Kier molecular flexibility index (Phi) is 5.55. The maximum atomic E-state index is 14.3. The van der Waals surface area contributed by atoms with Crippen LogP contribution < -0.4 is 16.0 Å². The minimum Gasteiger partial charge on any atom is -0.348 e. The lowest BCUT2D eigenvalue weighted by molar-refractivity contribution is 0.0933. The van der Waals surface area contributed by atoms with Gasteiger partial charge in [0.2, 0.25) is 0 Å². The average molecular weight is 496 g/mol. The highest BCUT2D eigenvalue weighted by Crippen LogP contribution is 2.37. The van der Waals surface area contributed by atoms with Crippen molar-refractivity contribution in [3.8, 4) is 0 Å². The molecule has 5 nitrogen and oxygen atoms in total. The number of piperidine rings is 1. The van der Waals surface area contributed by atoms with E-state index in [1.54, 1.807) is 12.3 Å². The van der Waals surface area contributed by atoms with Crippen LogP contribution in [0.4, 0.5) is 15.1 Å². The van der Waals surface area contributed by atoms with Gasteiger partial charge >= 0.3 is 0 Å². The van der Waals surface area contributed by atoms with Crippen molar-refractivity contribution in [1.82, 2.24) is 15.6 Å². The molecule has 140 valence electrons. The first kappa shape index (κ1) is 18.6. The monoisotopic (exact) mass is 496 g/mol. The third-order valence-electron chi connectivity index (χ3n) is 4.50. The van der Waals surface area contributed by atoms with Crippen LogP contribution in [-0.2, 0) is 0 Å². The van der Waals surface area contributed by atoms with Crippen molar-refractivity contribution in [1.29, 1.82) is 0 Å². The standard InChI is InChI=1S/C19H18FIN4OS/c20-14-9-11(21)5-6-15(14)25-19-16(13-4-2-8-23-18(13)27-19)17(26)24-12-3-1-7-22-10-12/h2,4-6,8-9,12,22,25H,1,3,7,10H2,(H,24,26)/t12-/m1/s1. The van der Waals surface area contributed by atoms with Crippen LogP contribution in [0.25, 0.3) is 10.2 Å². The molecule has 1 aliphatic heterocycles. The normalized spacial score (nSPS) is 17.0. The van der Waals surface area contributed by atoms with Crippen LogP contribution in [0.5, 0.6) is 0 Å². The Bertz CT molecular complexity index is 987. The van der Waals surface area contributed by atoms with Gasteiger partial charge in [-0.05, 0) is 72.3 Å². The van der Waals surface area contributed by atoms with Crippen LogP contribution in [0.1, 0.15) is 23.2 Å². The number of benzene rings is 1. The summed E-state index contributed by atoms with van der Waals surface area (Å²) in [6.07, 6.45) is 3.68. The summed E-state index contributed by atoms with van der Waals surface area (Å²) in [6.45, 7) is 1.75. The number of aromatic nitrogens is 1. The van der Waals surface area contributed by atoms with E-state index in [2.05, 4.69) is 43.5 Å². The zero-order valence-corrected chi connectivity index (χ0v) is 17.4. The van der Waals surface area contributed by atoms with E-state index in [9.17, 15) is 9.18 Å². The van der Waals surface area contributed by atoms with E-state index in [4.69, 9.17) is 0 Å². The second-order valence-electron chi connectivity index (χ2n) is 6.43. The van der Waals surface area contributed by atoms with Gasteiger partial charge in [-0.25, -0.2) is 9.37 Å². The molecule has 0 unspecified atom stereocenters. The van der Waals surface area contributed by atoms with Gasteiger partial charge < -0.3 is 16.0 Å². The predicted octanol–water partition coefficient (Wildman–Crippen LogP) is 4.27. The first-order valence-corrected chi connectivity index (χ1v) is 10.6. The Morgan fingerprint density at radius 3 is 3.04 bits per heavy atom. The highest BCUT2D eigenvalue weighted by Gasteiger charge is 2.23. The summed E-state index contributed by atoms with van der Waals surface area (Å²) in [4.78, 5) is 18.2. The molecule has 8 heteroatoms. The molecule has 0 saturated carbocycles. The van der Waals surface area contributed by atoms with Crippen molar-refractivity contribution in [2.75, 3.05) is 18.4 Å². The number of pyridine rings is 1. The third kappa shape index (κ3) is 4.07. The van der Waals surface area contributed by atoms with E-state index >= 15 is 0 Å². The Morgan fingerprint density at radius 2 is 2.26 bits per heavy atom. The molecule has 0 aliphatic carbocycles. The van der Waals surface area contributed by atoms with Crippen molar-refractivity contribution in [3.63, 3.8) is 0 Å². The summed E-state index contributed by atoms with van der Waals surface area (Å²) in [5.41, 5.74) is 0.863.